The van der Waals surface area contributed by atoms with Gasteiger partial charge in [-0.05, 0) is 31.5 Å². The van der Waals surface area contributed by atoms with E-state index in [1.807, 2.05) is 38.1 Å². The Balaban J connectivity index is 3.03. The molecule has 1 rings (SSSR count). The summed E-state index contributed by atoms with van der Waals surface area (Å²) >= 11 is 0. The lowest BCUT2D eigenvalue weighted by atomic mass is 10.2. The molecule has 0 aliphatic rings. The molecule has 0 spiro atoms. The van der Waals surface area contributed by atoms with E-state index in [2.05, 4.69) is 4.72 Å². The van der Waals surface area contributed by atoms with Gasteiger partial charge >= 0.3 is 0 Å². The summed E-state index contributed by atoms with van der Waals surface area (Å²) < 4.78 is 26.3. The van der Waals surface area contributed by atoms with Gasteiger partial charge in [0.05, 0.1) is 10.9 Å². The second-order valence-corrected chi connectivity index (χ2v) is 6.69. The van der Waals surface area contributed by atoms with Gasteiger partial charge in [-0.15, -0.1) is 0 Å². The fraction of sp³-hybridized carbons (Fsp3) is 0.500. The third-order valence-electron chi connectivity index (χ3n) is 2.81. The summed E-state index contributed by atoms with van der Waals surface area (Å²) in [5.74, 6) is 0. The van der Waals surface area contributed by atoms with E-state index in [0.29, 0.717) is 5.69 Å². The summed E-state index contributed by atoms with van der Waals surface area (Å²) in [6.45, 7) is 3.67. The normalized spacial score (nSPS) is 13.2. The van der Waals surface area contributed by atoms with Crippen LogP contribution in [0.15, 0.2) is 18.2 Å². The highest BCUT2D eigenvalue weighted by atomic mass is 32.2. The number of hydrogen-bond donors (Lipinski definition) is 2. The minimum absolute atomic E-state index is 0.0989. The molecule has 6 heteroatoms. The van der Waals surface area contributed by atoms with Gasteiger partial charge in [-0.2, -0.15) is 0 Å². The second kappa shape index (κ2) is 5.58. The molecular formula is C12H21N3O2S. The molecule has 0 saturated heterocycles. The van der Waals surface area contributed by atoms with Gasteiger partial charge in [0.15, 0.2) is 0 Å². The van der Waals surface area contributed by atoms with Crippen molar-refractivity contribution in [1.82, 2.24) is 0 Å². The van der Waals surface area contributed by atoms with Crippen LogP contribution in [0.2, 0.25) is 0 Å². The number of benzene rings is 1. The molecule has 0 radical (unpaired) electrons. The predicted octanol–water partition coefficient (Wildman–Crippen LogP) is 1.15. The van der Waals surface area contributed by atoms with E-state index in [0.717, 1.165) is 11.3 Å². The number of sulfonamides is 1. The first-order chi connectivity index (χ1) is 8.27. The van der Waals surface area contributed by atoms with Gasteiger partial charge in [0.2, 0.25) is 10.0 Å². The van der Waals surface area contributed by atoms with Crippen molar-refractivity contribution in [3.05, 3.63) is 23.8 Å². The highest BCUT2D eigenvalue weighted by molar-refractivity contribution is 7.93. The first-order valence-corrected chi connectivity index (χ1v) is 7.32. The Bertz CT molecular complexity index is 512. The van der Waals surface area contributed by atoms with Crippen LogP contribution in [0, 0.1) is 6.92 Å². The van der Waals surface area contributed by atoms with Crippen molar-refractivity contribution in [2.75, 3.05) is 30.3 Å². The number of nitrogens with one attached hydrogen (secondary N) is 1. The van der Waals surface area contributed by atoms with Crippen LogP contribution < -0.4 is 15.4 Å². The zero-order valence-corrected chi connectivity index (χ0v) is 12.1. The predicted molar refractivity (Wildman–Crippen MR) is 76.6 cm³/mol. The monoisotopic (exact) mass is 271 g/mol. The summed E-state index contributed by atoms with van der Waals surface area (Å²) in [5, 5.41) is -0.610. The molecule has 0 fully saturated rings. The fourth-order valence-corrected chi connectivity index (χ4v) is 2.46. The largest absolute Gasteiger partial charge is 0.377 e. The van der Waals surface area contributed by atoms with E-state index in [1.54, 1.807) is 13.0 Å². The molecule has 0 amide bonds. The van der Waals surface area contributed by atoms with E-state index >= 15 is 0 Å². The van der Waals surface area contributed by atoms with Crippen molar-refractivity contribution in [3.8, 4) is 0 Å². The molecule has 1 aromatic rings. The first kappa shape index (κ1) is 14.8. The minimum atomic E-state index is -3.41. The molecule has 3 N–H and O–H groups in total. The summed E-state index contributed by atoms with van der Waals surface area (Å²) in [6.07, 6.45) is 0. The number of hydrogen-bond acceptors (Lipinski definition) is 4. The molecule has 102 valence electrons. The van der Waals surface area contributed by atoms with Gasteiger partial charge in [-0.3, -0.25) is 4.72 Å². The average Bonchev–Trinajstić information content (AvgIpc) is 2.29. The Morgan fingerprint density at radius 1 is 1.39 bits per heavy atom. The van der Waals surface area contributed by atoms with Crippen LogP contribution in [0.5, 0.6) is 0 Å². The molecule has 18 heavy (non-hydrogen) atoms. The highest BCUT2D eigenvalue weighted by Gasteiger charge is 2.19. The molecule has 1 unspecified atom stereocenters. The molecule has 1 aromatic carbocycles. The SMILES string of the molecule is Cc1ccc(NS(=O)(=O)C(C)CN)cc1N(C)C. The lowest BCUT2D eigenvalue weighted by Crippen LogP contribution is -2.31. The van der Waals surface area contributed by atoms with E-state index in [1.165, 1.54) is 0 Å². The van der Waals surface area contributed by atoms with Gasteiger partial charge in [0.25, 0.3) is 0 Å². The zero-order valence-electron chi connectivity index (χ0n) is 11.3. The smallest absolute Gasteiger partial charge is 0.236 e. The Morgan fingerprint density at radius 2 is 2.00 bits per heavy atom. The molecule has 0 aromatic heterocycles. The summed E-state index contributed by atoms with van der Waals surface area (Å²) in [5.41, 5.74) is 8.02. The van der Waals surface area contributed by atoms with Crippen molar-refractivity contribution in [2.45, 2.75) is 19.1 Å². The van der Waals surface area contributed by atoms with E-state index in [-0.39, 0.29) is 6.54 Å². The second-order valence-electron chi connectivity index (χ2n) is 4.59. The Kier molecular flexibility index (Phi) is 4.59. The third-order valence-corrected chi connectivity index (χ3v) is 4.58. The zero-order chi connectivity index (χ0) is 13.9. The molecule has 0 heterocycles. The number of nitrogens with zero attached hydrogens (tertiary/aromatic N) is 1. The van der Waals surface area contributed by atoms with E-state index in [4.69, 9.17) is 5.73 Å². The maximum atomic E-state index is 11.9. The maximum Gasteiger partial charge on any atom is 0.236 e. The average molecular weight is 271 g/mol. The maximum absolute atomic E-state index is 11.9. The van der Waals surface area contributed by atoms with Crippen LogP contribution in [0.1, 0.15) is 12.5 Å². The summed E-state index contributed by atoms with van der Waals surface area (Å²) in [4.78, 5) is 1.94. The van der Waals surface area contributed by atoms with Crippen molar-refractivity contribution < 1.29 is 8.42 Å². The summed E-state index contributed by atoms with van der Waals surface area (Å²) in [7, 11) is 0.427. The van der Waals surface area contributed by atoms with Crippen LogP contribution in [-0.2, 0) is 10.0 Å². The summed E-state index contributed by atoms with van der Waals surface area (Å²) in [6, 6.07) is 5.46. The van der Waals surface area contributed by atoms with Crippen LogP contribution in [0.3, 0.4) is 0 Å². The standard InChI is InChI=1S/C12H21N3O2S/c1-9-5-6-11(7-12(9)15(3)4)14-18(16,17)10(2)8-13/h5-7,10,14H,8,13H2,1-4H3. The van der Waals surface area contributed by atoms with Crippen LogP contribution in [-0.4, -0.2) is 34.3 Å². The van der Waals surface area contributed by atoms with E-state index < -0.39 is 15.3 Å². The van der Waals surface area contributed by atoms with Gasteiger partial charge in [-0.1, -0.05) is 6.07 Å². The van der Waals surface area contributed by atoms with Crippen LogP contribution >= 0.6 is 0 Å². The van der Waals surface area contributed by atoms with Crippen molar-refractivity contribution in [2.24, 2.45) is 5.73 Å². The third kappa shape index (κ3) is 3.36. The van der Waals surface area contributed by atoms with Gasteiger partial charge in [-0.25, -0.2) is 8.42 Å². The molecule has 5 nitrogen and oxygen atoms in total. The van der Waals surface area contributed by atoms with Crippen LogP contribution in [0.25, 0.3) is 0 Å². The van der Waals surface area contributed by atoms with Gasteiger partial charge in [0, 0.05) is 26.3 Å². The van der Waals surface area contributed by atoms with Crippen molar-refractivity contribution in [1.29, 1.82) is 0 Å². The first-order valence-electron chi connectivity index (χ1n) is 5.77. The lowest BCUT2D eigenvalue weighted by molar-refractivity contribution is 0.589. The topological polar surface area (TPSA) is 75.4 Å². The Hall–Kier alpha value is -1.27. The fourth-order valence-electron chi connectivity index (χ4n) is 1.55. The molecule has 0 aliphatic heterocycles. The molecule has 0 aliphatic carbocycles. The Morgan fingerprint density at radius 3 is 2.50 bits per heavy atom. The number of rotatable bonds is 5. The van der Waals surface area contributed by atoms with Gasteiger partial charge in [0.1, 0.15) is 0 Å². The minimum Gasteiger partial charge on any atom is -0.377 e. The highest BCUT2D eigenvalue weighted by Crippen LogP contribution is 2.23. The van der Waals surface area contributed by atoms with Gasteiger partial charge < -0.3 is 10.6 Å². The number of nitrogens with two attached hydrogens (primary N) is 1. The lowest BCUT2D eigenvalue weighted by Gasteiger charge is -2.18. The molecular weight excluding hydrogens is 250 g/mol. The molecule has 0 bridgehead atoms. The number of aryl methyl sites for hydroxylation is 1. The Labute approximate surface area is 109 Å². The quantitative estimate of drug-likeness (QED) is 0.842. The van der Waals surface area contributed by atoms with Crippen LogP contribution in [0.4, 0.5) is 11.4 Å². The molecule has 0 saturated carbocycles. The molecule has 1 atom stereocenters. The van der Waals surface area contributed by atoms with Crippen molar-refractivity contribution >= 4 is 21.4 Å². The van der Waals surface area contributed by atoms with E-state index in [9.17, 15) is 8.42 Å². The number of anilines is 2. The van der Waals surface area contributed by atoms with Crippen molar-refractivity contribution in [3.63, 3.8) is 0 Å².